The van der Waals surface area contributed by atoms with E-state index in [9.17, 15) is 0 Å². The average molecular weight is 385 g/mol. The molecule has 3 nitrogen and oxygen atoms in total. The molecular formula is C15H15BrClN3S. The molecule has 0 unspecified atom stereocenters. The Morgan fingerprint density at radius 1 is 1.38 bits per heavy atom. The van der Waals surface area contributed by atoms with E-state index in [0.29, 0.717) is 5.88 Å². The van der Waals surface area contributed by atoms with Gasteiger partial charge < -0.3 is 4.57 Å². The minimum Gasteiger partial charge on any atom is -0.316 e. The van der Waals surface area contributed by atoms with E-state index in [1.165, 1.54) is 0 Å². The lowest BCUT2D eigenvalue weighted by molar-refractivity contribution is 0.431. The standard InChI is InChI=1S/C15H15BrClN3S/c1-15(2,14-18-7-8-21-14)20-12-9-10(16)3-4-11(12)19-13(20)5-6-17/h3-4,7-9H,5-6H2,1-2H3. The molecule has 0 aliphatic heterocycles. The maximum absolute atomic E-state index is 5.97. The summed E-state index contributed by atoms with van der Waals surface area (Å²) in [7, 11) is 0. The van der Waals surface area contributed by atoms with Gasteiger partial charge in [0.2, 0.25) is 0 Å². The summed E-state index contributed by atoms with van der Waals surface area (Å²) in [6, 6.07) is 6.15. The van der Waals surface area contributed by atoms with E-state index in [0.717, 1.165) is 32.8 Å². The first kappa shape index (κ1) is 15.0. The van der Waals surface area contributed by atoms with Gasteiger partial charge in [-0.2, -0.15) is 0 Å². The van der Waals surface area contributed by atoms with E-state index in [-0.39, 0.29) is 5.54 Å². The van der Waals surface area contributed by atoms with Crippen LogP contribution in [0.15, 0.2) is 34.2 Å². The van der Waals surface area contributed by atoms with Crippen molar-refractivity contribution >= 4 is 49.9 Å². The van der Waals surface area contributed by atoms with Crippen LogP contribution >= 0.6 is 38.9 Å². The number of aryl methyl sites for hydroxylation is 1. The van der Waals surface area contributed by atoms with Crippen molar-refractivity contribution in [2.45, 2.75) is 25.8 Å². The van der Waals surface area contributed by atoms with Crippen molar-refractivity contribution in [1.82, 2.24) is 14.5 Å². The van der Waals surface area contributed by atoms with Crippen molar-refractivity contribution in [3.63, 3.8) is 0 Å². The average Bonchev–Trinajstić information content (AvgIpc) is 3.05. The highest BCUT2D eigenvalue weighted by Crippen LogP contribution is 2.33. The Morgan fingerprint density at radius 2 is 2.19 bits per heavy atom. The van der Waals surface area contributed by atoms with Crippen LogP contribution in [0.25, 0.3) is 11.0 Å². The van der Waals surface area contributed by atoms with Gasteiger partial charge in [-0.25, -0.2) is 9.97 Å². The molecule has 0 amide bonds. The van der Waals surface area contributed by atoms with Crippen molar-refractivity contribution < 1.29 is 0 Å². The molecule has 2 heterocycles. The fourth-order valence-corrected chi connectivity index (χ4v) is 3.87. The van der Waals surface area contributed by atoms with Crippen LogP contribution in [0.1, 0.15) is 24.7 Å². The summed E-state index contributed by atoms with van der Waals surface area (Å²) in [6.45, 7) is 4.34. The van der Waals surface area contributed by atoms with Crippen molar-refractivity contribution in [3.05, 3.63) is 45.1 Å². The monoisotopic (exact) mass is 383 g/mol. The highest BCUT2D eigenvalue weighted by molar-refractivity contribution is 9.10. The molecule has 0 spiro atoms. The third kappa shape index (κ3) is 2.62. The second-order valence-electron chi connectivity index (χ2n) is 5.33. The van der Waals surface area contributed by atoms with Crippen LogP contribution in [0.2, 0.25) is 0 Å². The predicted octanol–water partition coefficient (Wildman–Crippen LogP) is 4.82. The van der Waals surface area contributed by atoms with E-state index in [1.54, 1.807) is 11.3 Å². The molecule has 6 heteroatoms. The lowest BCUT2D eigenvalue weighted by Gasteiger charge is -2.27. The van der Waals surface area contributed by atoms with Crippen LogP contribution < -0.4 is 0 Å². The molecule has 3 rings (SSSR count). The van der Waals surface area contributed by atoms with Crippen molar-refractivity contribution in [1.29, 1.82) is 0 Å². The Morgan fingerprint density at radius 3 is 2.86 bits per heavy atom. The maximum atomic E-state index is 5.97. The van der Waals surface area contributed by atoms with E-state index in [1.807, 2.05) is 23.7 Å². The normalized spacial score (nSPS) is 12.2. The van der Waals surface area contributed by atoms with Gasteiger partial charge in [0.25, 0.3) is 0 Å². The quantitative estimate of drug-likeness (QED) is 0.604. The number of fused-ring (bicyclic) bond motifs is 1. The minimum atomic E-state index is -0.259. The zero-order valence-electron chi connectivity index (χ0n) is 11.8. The third-order valence-electron chi connectivity index (χ3n) is 3.52. The molecule has 0 saturated heterocycles. The Bertz CT molecular complexity index is 765. The zero-order chi connectivity index (χ0) is 15.0. The van der Waals surface area contributed by atoms with Crippen LogP contribution in [0.4, 0.5) is 0 Å². The summed E-state index contributed by atoms with van der Waals surface area (Å²) in [5, 5.41) is 3.07. The number of rotatable bonds is 4. The Hall–Kier alpha value is -0.910. The van der Waals surface area contributed by atoms with Gasteiger partial charge in [-0.05, 0) is 32.0 Å². The molecule has 0 aliphatic rings. The lowest BCUT2D eigenvalue weighted by atomic mass is 10.1. The number of alkyl halides is 1. The number of aromatic nitrogens is 3. The lowest BCUT2D eigenvalue weighted by Crippen LogP contribution is -2.29. The minimum absolute atomic E-state index is 0.259. The Balaban J connectivity index is 2.28. The van der Waals surface area contributed by atoms with Crippen LogP contribution in [-0.4, -0.2) is 20.4 Å². The second kappa shape index (κ2) is 5.71. The summed E-state index contributed by atoms with van der Waals surface area (Å²) in [5.41, 5.74) is 1.83. The summed E-state index contributed by atoms with van der Waals surface area (Å²) < 4.78 is 3.30. The largest absolute Gasteiger partial charge is 0.316 e. The first-order valence-corrected chi connectivity index (χ1v) is 8.88. The van der Waals surface area contributed by atoms with E-state index >= 15 is 0 Å². The number of hydrogen-bond acceptors (Lipinski definition) is 3. The molecule has 1 aromatic carbocycles. The van der Waals surface area contributed by atoms with Crippen LogP contribution in [0, 0.1) is 0 Å². The van der Waals surface area contributed by atoms with Gasteiger partial charge in [0.05, 0.1) is 16.6 Å². The molecule has 0 atom stereocenters. The number of imidazole rings is 1. The number of hydrogen-bond donors (Lipinski definition) is 0. The molecule has 0 bridgehead atoms. The van der Waals surface area contributed by atoms with Crippen LogP contribution in [0.3, 0.4) is 0 Å². The summed E-state index contributed by atoms with van der Waals surface area (Å²) >= 11 is 11.2. The molecule has 3 aromatic rings. The van der Waals surface area contributed by atoms with Gasteiger partial charge in [0, 0.05) is 28.4 Å². The van der Waals surface area contributed by atoms with E-state index in [4.69, 9.17) is 16.6 Å². The Labute approximate surface area is 141 Å². The second-order valence-corrected chi connectivity index (χ2v) is 7.52. The molecule has 0 aliphatic carbocycles. The first-order chi connectivity index (χ1) is 10.0. The zero-order valence-corrected chi connectivity index (χ0v) is 15.0. The molecule has 0 fully saturated rings. The fourth-order valence-electron chi connectivity index (χ4n) is 2.60. The van der Waals surface area contributed by atoms with Gasteiger partial charge in [0.1, 0.15) is 10.8 Å². The van der Waals surface area contributed by atoms with E-state index in [2.05, 4.69) is 45.4 Å². The topological polar surface area (TPSA) is 30.7 Å². The molecule has 0 saturated carbocycles. The van der Waals surface area contributed by atoms with Crippen molar-refractivity contribution in [3.8, 4) is 0 Å². The number of benzene rings is 1. The SMILES string of the molecule is CC(C)(c1nccs1)n1c(CCCl)nc2ccc(Br)cc21. The molecule has 0 N–H and O–H groups in total. The van der Waals surface area contributed by atoms with Gasteiger partial charge in [-0.3, -0.25) is 0 Å². The highest BCUT2D eigenvalue weighted by Gasteiger charge is 2.30. The number of nitrogens with zero attached hydrogens (tertiary/aromatic N) is 3. The van der Waals surface area contributed by atoms with Crippen LogP contribution in [0.5, 0.6) is 0 Å². The van der Waals surface area contributed by atoms with Crippen molar-refractivity contribution in [2.75, 3.05) is 5.88 Å². The number of thiazole rings is 1. The van der Waals surface area contributed by atoms with Gasteiger partial charge in [-0.1, -0.05) is 15.9 Å². The summed E-state index contributed by atoms with van der Waals surface area (Å²) in [4.78, 5) is 9.25. The molecule has 110 valence electrons. The molecule has 2 aromatic heterocycles. The maximum Gasteiger partial charge on any atom is 0.118 e. The first-order valence-electron chi connectivity index (χ1n) is 6.67. The predicted molar refractivity (Wildman–Crippen MR) is 92.4 cm³/mol. The summed E-state index contributed by atoms with van der Waals surface area (Å²) in [6.07, 6.45) is 2.58. The van der Waals surface area contributed by atoms with Gasteiger partial charge >= 0.3 is 0 Å². The Kier molecular flexibility index (Phi) is 4.08. The van der Waals surface area contributed by atoms with Gasteiger partial charge in [0.15, 0.2) is 0 Å². The van der Waals surface area contributed by atoms with Crippen LogP contribution in [-0.2, 0) is 12.0 Å². The van der Waals surface area contributed by atoms with Gasteiger partial charge in [-0.15, -0.1) is 22.9 Å². The molecular weight excluding hydrogens is 370 g/mol. The number of halogens is 2. The third-order valence-corrected chi connectivity index (χ3v) is 5.29. The molecule has 0 radical (unpaired) electrons. The summed E-state index contributed by atoms with van der Waals surface area (Å²) in [5.74, 6) is 1.55. The smallest absolute Gasteiger partial charge is 0.118 e. The molecule has 21 heavy (non-hydrogen) atoms. The highest BCUT2D eigenvalue weighted by atomic mass is 79.9. The fraction of sp³-hybridized carbons (Fsp3) is 0.333. The van der Waals surface area contributed by atoms with Crippen molar-refractivity contribution in [2.24, 2.45) is 0 Å². The van der Waals surface area contributed by atoms with E-state index < -0.39 is 0 Å².